The zero-order valence-corrected chi connectivity index (χ0v) is 17.3. The molecule has 1 saturated heterocycles. The van der Waals surface area contributed by atoms with Crippen molar-refractivity contribution in [3.63, 3.8) is 0 Å². The molecule has 3 heterocycles. The average Bonchev–Trinajstić information content (AvgIpc) is 3.22. The van der Waals surface area contributed by atoms with E-state index in [1.165, 1.54) is 11.3 Å². The number of amides is 1. The van der Waals surface area contributed by atoms with Crippen LogP contribution in [0.3, 0.4) is 0 Å². The number of nitrogens with zero attached hydrogens (tertiary/aromatic N) is 2. The lowest BCUT2D eigenvalue weighted by atomic mass is 9.81. The lowest BCUT2D eigenvalue weighted by molar-refractivity contribution is 0.0926. The second-order valence-electron chi connectivity index (χ2n) is 7.41. The number of hydrogen-bond acceptors (Lipinski definition) is 4. The fourth-order valence-electron chi connectivity index (χ4n) is 3.49. The highest BCUT2D eigenvalue weighted by Gasteiger charge is 2.27. The van der Waals surface area contributed by atoms with Crippen molar-refractivity contribution >= 4 is 39.9 Å². The molecule has 5 nitrogen and oxygen atoms in total. The minimum atomic E-state index is 0. The van der Waals surface area contributed by atoms with Crippen LogP contribution in [0.5, 0.6) is 0 Å². The van der Waals surface area contributed by atoms with Crippen molar-refractivity contribution in [2.24, 2.45) is 5.41 Å². The summed E-state index contributed by atoms with van der Waals surface area (Å²) < 4.78 is 1.93. The fraction of sp³-hybridized carbons (Fsp3) is 0.400. The minimum Gasteiger partial charge on any atom is -0.351 e. The lowest BCUT2D eigenvalue weighted by Crippen LogP contribution is -2.42. The Morgan fingerprint density at radius 2 is 2.00 bits per heavy atom. The smallest absolute Gasteiger partial charge is 0.261 e. The molecule has 1 aliphatic rings. The summed E-state index contributed by atoms with van der Waals surface area (Å²) in [5.41, 5.74) is 2.15. The van der Waals surface area contributed by atoms with E-state index in [0.29, 0.717) is 0 Å². The maximum atomic E-state index is 12.7. The summed E-state index contributed by atoms with van der Waals surface area (Å²) >= 11 is 1.51. The van der Waals surface area contributed by atoms with Gasteiger partial charge in [-0.3, -0.25) is 4.79 Å². The Kier molecular flexibility index (Phi) is 5.89. The second-order valence-corrected chi connectivity index (χ2v) is 8.44. The van der Waals surface area contributed by atoms with E-state index in [0.717, 1.165) is 59.0 Å². The van der Waals surface area contributed by atoms with Crippen molar-refractivity contribution in [2.75, 3.05) is 19.6 Å². The van der Waals surface area contributed by atoms with Crippen LogP contribution in [0.1, 0.15) is 35.1 Å². The third-order valence-electron chi connectivity index (χ3n) is 5.26. The lowest BCUT2D eigenvalue weighted by Gasteiger charge is -2.34. The van der Waals surface area contributed by atoms with Gasteiger partial charge in [-0.05, 0) is 56.5 Å². The van der Waals surface area contributed by atoms with E-state index in [-0.39, 0.29) is 23.7 Å². The molecule has 0 bridgehead atoms. The minimum absolute atomic E-state index is 0. The third-order valence-corrected chi connectivity index (χ3v) is 6.36. The molecule has 144 valence electrons. The molecule has 0 unspecified atom stereocenters. The van der Waals surface area contributed by atoms with Gasteiger partial charge in [-0.1, -0.05) is 25.1 Å². The Morgan fingerprint density at radius 3 is 2.70 bits per heavy atom. The molecule has 1 fully saturated rings. The molecule has 4 rings (SSSR count). The maximum absolute atomic E-state index is 12.7. The molecule has 27 heavy (non-hydrogen) atoms. The summed E-state index contributed by atoms with van der Waals surface area (Å²) in [6, 6.07) is 12.0. The largest absolute Gasteiger partial charge is 0.351 e. The van der Waals surface area contributed by atoms with Crippen molar-refractivity contribution in [1.29, 1.82) is 0 Å². The van der Waals surface area contributed by atoms with E-state index in [9.17, 15) is 4.79 Å². The average molecular weight is 405 g/mol. The van der Waals surface area contributed by atoms with Crippen LogP contribution >= 0.6 is 23.7 Å². The molecule has 0 saturated carbocycles. The quantitative estimate of drug-likeness (QED) is 0.692. The molecule has 1 aliphatic heterocycles. The standard InChI is InChI=1S/C20H24N4OS.ClH/c1-14-16-12-17(18(25)22-13-20(2)8-10-21-11-9-20)26-19(16)24(23-14)15-6-4-3-5-7-15;/h3-7,12,21H,8-11,13H2,1-2H3,(H,22,25);1H. The SMILES string of the molecule is Cc1nn(-c2ccccc2)c2sc(C(=O)NCC3(C)CCNCC3)cc12.Cl. The number of fused-ring (bicyclic) bond motifs is 1. The van der Waals surface area contributed by atoms with Gasteiger partial charge in [-0.25, -0.2) is 4.68 Å². The molecule has 0 spiro atoms. The highest BCUT2D eigenvalue weighted by atomic mass is 35.5. The first-order valence-corrected chi connectivity index (χ1v) is 9.91. The monoisotopic (exact) mass is 404 g/mol. The predicted molar refractivity (Wildman–Crippen MR) is 113 cm³/mol. The van der Waals surface area contributed by atoms with E-state index in [4.69, 9.17) is 0 Å². The molecule has 2 N–H and O–H groups in total. The van der Waals surface area contributed by atoms with E-state index in [2.05, 4.69) is 22.7 Å². The molecule has 0 atom stereocenters. The van der Waals surface area contributed by atoms with E-state index in [1.54, 1.807) is 0 Å². The molecule has 1 amide bonds. The zero-order valence-electron chi connectivity index (χ0n) is 15.6. The number of carbonyl (C=O) groups excluding carboxylic acids is 1. The van der Waals surface area contributed by atoms with Crippen molar-refractivity contribution in [2.45, 2.75) is 26.7 Å². The van der Waals surface area contributed by atoms with Gasteiger partial charge in [0, 0.05) is 11.9 Å². The number of aromatic nitrogens is 2. The summed E-state index contributed by atoms with van der Waals surface area (Å²) in [6.07, 6.45) is 2.20. The number of piperidine rings is 1. The number of thiophene rings is 1. The van der Waals surface area contributed by atoms with Crippen molar-refractivity contribution < 1.29 is 4.79 Å². The van der Waals surface area contributed by atoms with Crippen LogP contribution < -0.4 is 10.6 Å². The molecular formula is C20H25ClN4OS. The first kappa shape index (κ1) is 19.9. The Bertz CT molecular complexity index is 928. The van der Waals surface area contributed by atoms with E-state index < -0.39 is 0 Å². The summed E-state index contributed by atoms with van der Waals surface area (Å²) in [7, 11) is 0. The Labute approximate surface area is 169 Å². The molecule has 7 heteroatoms. The van der Waals surface area contributed by atoms with Gasteiger partial charge >= 0.3 is 0 Å². The van der Waals surface area contributed by atoms with Gasteiger partial charge in [-0.15, -0.1) is 23.7 Å². The third kappa shape index (κ3) is 4.03. The van der Waals surface area contributed by atoms with Crippen LogP contribution in [0, 0.1) is 12.3 Å². The number of carbonyl (C=O) groups is 1. The number of aryl methyl sites for hydroxylation is 1. The number of halogens is 1. The zero-order chi connectivity index (χ0) is 18.1. The maximum Gasteiger partial charge on any atom is 0.261 e. The van der Waals surface area contributed by atoms with E-state index >= 15 is 0 Å². The van der Waals surface area contributed by atoms with Crippen LogP contribution in [0.2, 0.25) is 0 Å². The highest BCUT2D eigenvalue weighted by molar-refractivity contribution is 7.20. The van der Waals surface area contributed by atoms with Gasteiger partial charge in [0.2, 0.25) is 0 Å². The van der Waals surface area contributed by atoms with Gasteiger partial charge in [-0.2, -0.15) is 5.10 Å². The van der Waals surface area contributed by atoms with Crippen molar-refractivity contribution in [3.8, 4) is 5.69 Å². The Morgan fingerprint density at radius 1 is 1.30 bits per heavy atom. The summed E-state index contributed by atoms with van der Waals surface area (Å²) in [5.74, 6) is 0.0185. The summed E-state index contributed by atoms with van der Waals surface area (Å²) in [5, 5.41) is 12.2. The van der Waals surface area contributed by atoms with Gasteiger partial charge in [0.1, 0.15) is 4.83 Å². The molecule has 0 aliphatic carbocycles. The van der Waals surface area contributed by atoms with Gasteiger partial charge in [0.05, 0.1) is 16.3 Å². The summed E-state index contributed by atoms with van der Waals surface area (Å²) in [4.78, 5) is 14.5. The van der Waals surface area contributed by atoms with Crippen LogP contribution in [0.15, 0.2) is 36.4 Å². The molecule has 3 aromatic rings. The first-order chi connectivity index (χ1) is 12.6. The number of rotatable bonds is 4. The van der Waals surface area contributed by atoms with Crippen molar-refractivity contribution in [1.82, 2.24) is 20.4 Å². The summed E-state index contributed by atoms with van der Waals surface area (Å²) in [6.45, 7) is 7.04. The van der Waals surface area contributed by atoms with Crippen LogP contribution in [-0.4, -0.2) is 35.3 Å². The number of hydrogen-bond donors (Lipinski definition) is 2. The number of benzene rings is 1. The highest BCUT2D eigenvalue weighted by Crippen LogP contribution is 2.31. The van der Waals surface area contributed by atoms with Gasteiger partial charge in [0.15, 0.2) is 0 Å². The molecule has 1 aromatic carbocycles. The first-order valence-electron chi connectivity index (χ1n) is 9.09. The van der Waals surface area contributed by atoms with Gasteiger partial charge < -0.3 is 10.6 Å². The Hall–Kier alpha value is -1.89. The molecule has 2 aromatic heterocycles. The van der Waals surface area contributed by atoms with Crippen LogP contribution in [0.25, 0.3) is 15.9 Å². The van der Waals surface area contributed by atoms with Crippen LogP contribution in [0.4, 0.5) is 0 Å². The predicted octanol–water partition coefficient (Wildman–Crippen LogP) is 3.94. The fourth-order valence-corrected chi connectivity index (χ4v) is 4.59. The normalized spacial score (nSPS) is 16.1. The topological polar surface area (TPSA) is 59.0 Å². The Balaban J connectivity index is 0.00000210. The second kappa shape index (κ2) is 8.00. The molecule has 0 radical (unpaired) electrons. The van der Waals surface area contributed by atoms with Crippen molar-refractivity contribution in [3.05, 3.63) is 47.0 Å². The number of nitrogens with one attached hydrogen (secondary N) is 2. The van der Waals surface area contributed by atoms with Gasteiger partial charge in [0.25, 0.3) is 5.91 Å². The van der Waals surface area contributed by atoms with Crippen LogP contribution in [-0.2, 0) is 0 Å². The molecular weight excluding hydrogens is 380 g/mol. The van der Waals surface area contributed by atoms with E-state index in [1.807, 2.05) is 48.0 Å². The number of para-hydroxylation sites is 1.